The number of carbonyl (C=O) groups is 2. The summed E-state index contributed by atoms with van der Waals surface area (Å²) < 4.78 is 0. The van der Waals surface area contributed by atoms with Crippen LogP contribution in [0.1, 0.15) is 22.7 Å². The number of nitrogens with zero attached hydrogens (tertiary/aromatic N) is 1. The van der Waals surface area contributed by atoms with Crippen LogP contribution in [0.15, 0.2) is 6.20 Å². The Labute approximate surface area is 96.5 Å². The monoisotopic (exact) mass is 240 g/mol. The van der Waals surface area contributed by atoms with E-state index in [-0.39, 0.29) is 0 Å². The highest BCUT2D eigenvalue weighted by atomic mass is 32.1. The quantitative estimate of drug-likeness (QED) is 0.767. The highest BCUT2D eigenvalue weighted by molar-refractivity contribution is 7.11. The van der Waals surface area contributed by atoms with Gasteiger partial charge in [0, 0.05) is 11.1 Å². The van der Waals surface area contributed by atoms with Gasteiger partial charge < -0.3 is 10.4 Å². The number of thiazole rings is 1. The van der Waals surface area contributed by atoms with Gasteiger partial charge in [-0.1, -0.05) is 0 Å². The van der Waals surface area contributed by atoms with Crippen LogP contribution in [-0.4, -0.2) is 22.0 Å². The molecule has 1 aliphatic rings. The molecule has 16 heavy (non-hydrogen) atoms. The molecule has 2 N–H and O–H groups in total. The highest BCUT2D eigenvalue weighted by Gasteiger charge is 2.56. The van der Waals surface area contributed by atoms with E-state index in [1.807, 2.05) is 6.92 Å². The summed E-state index contributed by atoms with van der Waals surface area (Å²) in [6.07, 6.45) is 2.60. The maximum absolute atomic E-state index is 11.6. The maximum atomic E-state index is 11.6. The van der Waals surface area contributed by atoms with Crippen molar-refractivity contribution in [3.05, 3.63) is 16.1 Å². The van der Waals surface area contributed by atoms with Gasteiger partial charge in [0.25, 0.3) is 0 Å². The Balaban J connectivity index is 1.92. The number of nitrogens with one attached hydrogen (secondary N) is 1. The first-order valence-corrected chi connectivity index (χ1v) is 5.79. The molecule has 1 amide bonds. The zero-order chi connectivity index (χ0) is 11.8. The van der Waals surface area contributed by atoms with Gasteiger partial charge in [-0.25, -0.2) is 4.98 Å². The highest BCUT2D eigenvalue weighted by Crippen LogP contribution is 2.46. The number of aliphatic carboxylic acids is 1. The molecule has 0 saturated heterocycles. The fraction of sp³-hybridized carbons (Fsp3) is 0.500. The predicted molar refractivity (Wildman–Crippen MR) is 58.0 cm³/mol. The van der Waals surface area contributed by atoms with Gasteiger partial charge in [-0.2, -0.15) is 0 Å². The first-order chi connectivity index (χ1) is 7.54. The first kappa shape index (κ1) is 11.1. The molecule has 1 aromatic rings. The predicted octanol–water partition coefficient (Wildman–Crippen LogP) is 0.933. The van der Waals surface area contributed by atoms with Crippen molar-refractivity contribution in [1.82, 2.24) is 10.3 Å². The molecule has 1 saturated carbocycles. The molecule has 0 aliphatic heterocycles. The molecule has 6 heteroatoms. The molecule has 0 atom stereocenters. The Morgan fingerprint density at radius 2 is 2.31 bits per heavy atom. The second kappa shape index (κ2) is 3.86. The second-order valence-corrected chi connectivity index (χ2v) is 5.25. The molecule has 0 radical (unpaired) electrons. The average molecular weight is 240 g/mol. The summed E-state index contributed by atoms with van der Waals surface area (Å²) in [6.45, 7) is 2.25. The van der Waals surface area contributed by atoms with Crippen LogP contribution < -0.4 is 5.32 Å². The van der Waals surface area contributed by atoms with E-state index in [1.54, 1.807) is 6.20 Å². The third kappa shape index (κ3) is 1.92. The van der Waals surface area contributed by atoms with Gasteiger partial charge in [0.1, 0.15) is 10.4 Å². The molecule has 86 valence electrons. The van der Waals surface area contributed by atoms with E-state index in [4.69, 9.17) is 5.11 Å². The number of carboxylic acids is 1. The van der Waals surface area contributed by atoms with Crippen molar-refractivity contribution < 1.29 is 14.7 Å². The lowest BCUT2D eigenvalue weighted by Crippen LogP contribution is -2.36. The molecule has 1 heterocycles. The van der Waals surface area contributed by atoms with Crippen LogP contribution in [0.25, 0.3) is 0 Å². The summed E-state index contributed by atoms with van der Waals surface area (Å²) in [5.41, 5.74) is -1.16. The molecule has 1 fully saturated rings. The van der Waals surface area contributed by atoms with E-state index in [0.717, 1.165) is 9.88 Å². The van der Waals surface area contributed by atoms with Crippen LogP contribution >= 0.6 is 11.3 Å². The lowest BCUT2D eigenvalue weighted by molar-refractivity contribution is -0.149. The fourth-order valence-corrected chi connectivity index (χ4v) is 2.20. The van der Waals surface area contributed by atoms with Gasteiger partial charge in [0.15, 0.2) is 0 Å². The van der Waals surface area contributed by atoms with Crippen LogP contribution in [0.3, 0.4) is 0 Å². The Bertz CT molecular complexity index is 437. The number of amides is 1. The normalized spacial score (nSPS) is 16.8. The Kier molecular flexibility index (Phi) is 2.67. The molecule has 1 aliphatic carbocycles. The number of carbonyl (C=O) groups excluding carboxylic acids is 1. The molecular weight excluding hydrogens is 228 g/mol. The van der Waals surface area contributed by atoms with Crippen LogP contribution in [0.2, 0.25) is 0 Å². The van der Waals surface area contributed by atoms with E-state index in [9.17, 15) is 9.59 Å². The number of carboxylic acid groups (broad SMARTS) is 1. The molecule has 1 aromatic heterocycles. The third-order valence-corrected chi connectivity index (χ3v) is 3.58. The molecule has 0 aromatic carbocycles. The van der Waals surface area contributed by atoms with Crippen LogP contribution in [0.4, 0.5) is 0 Å². The third-order valence-electron chi connectivity index (χ3n) is 2.66. The summed E-state index contributed by atoms with van der Waals surface area (Å²) in [4.78, 5) is 27.7. The largest absolute Gasteiger partial charge is 0.480 e. The number of rotatable bonds is 4. The minimum Gasteiger partial charge on any atom is -0.480 e. The van der Waals surface area contributed by atoms with Gasteiger partial charge in [0.05, 0.1) is 6.54 Å². The zero-order valence-electron chi connectivity index (χ0n) is 8.82. The number of aryl methyl sites for hydroxylation is 1. The van der Waals surface area contributed by atoms with Crippen molar-refractivity contribution in [1.29, 1.82) is 0 Å². The summed E-state index contributed by atoms with van der Waals surface area (Å²) in [6, 6.07) is 0. The Hall–Kier alpha value is -1.43. The molecule has 0 unspecified atom stereocenters. The van der Waals surface area contributed by atoms with Crippen LogP contribution in [0.5, 0.6) is 0 Å². The van der Waals surface area contributed by atoms with Crippen molar-refractivity contribution >= 4 is 23.2 Å². The molecule has 2 rings (SSSR count). The standard InChI is InChI=1S/C10H12N2O3S/c1-6-4-11-7(16-6)5-12-8(13)10(2-3-10)9(14)15/h4H,2-3,5H2,1H3,(H,12,13)(H,14,15). The van der Waals surface area contributed by atoms with Gasteiger partial charge >= 0.3 is 5.97 Å². The lowest BCUT2D eigenvalue weighted by Gasteiger charge is -2.09. The average Bonchev–Trinajstić information content (AvgIpc) is 2.95. The van der Waals surface area contributed by atoms with Crippen LogP contribution in [0, 0.1) is 12.3 Å². The zero-order valence-corrected chi connectivity index (χ0v) is 9.63. The Morgan fingerprint density at radius 3 is 2.75 bits per heavy atom. The van der Waals surface area contributed by atoms with Crippen molar-refractivity contribution in [3.63, 3.8) is 0 Å². The second-order valence-electron chi connectivity index (χ2n) is 3.93. The fourth-order valence-electron chi connectivity index (χ4n) is 1.47. The van der Waals surface area contributed by atoms with Gasteiger partial charge in [-0.05, 0) is 19.8 Å². The van der Waals surface area contributed by atoms with Crippen molar-refractivity contribution in [2.75, 3.05) is 0 Å². The van der Waals surface area contributed by atoms with Crippen molar-refractivity contribution in [2.24, 2.45) is 5.41 Å². The number of hydrogen-bond donors (Lipinski definition) is 2. The number of hydrogen-bond acceptors (Lipinski definition) is 4. The minimum atomic E-state index is -1.16. The van der Waals surface area contributed by atoms with Gasteiger partial charge in [-0.15, -0.1) is 11.3 Å². The number of aromatic nitrogens is 1. The summed E-state index contributed by atoms with van der Waals surface area (Å²) in [5, 5.41) is 12.3. The van der Waals surface area contributed by atoms with Crippen molar-refractivity contribution in [3.8, 4) is 0 Å². The van der Waals surface area contributed by atoms with E-state index in [1.165, 1.54) is 11.3 Å². The summed E-state index contributed by atoms with van der Waals surface area (Å²) in [5.74, 6) is -1.42. The molecule has 0 bridgehead atoms. The van der Waals surface area contributed by atoms with E-state index < -0.39 is 17.3 Å². The van der Waals surface area contributed by atoms with E-state index in [2.05, 4.69) is 10.3 Å². The summed E-state index contributed by atoms with van der Waals surface area (Å²) in [7, 11) is 0. The molecule has 0 spiro atoms. The van der Waals surface area contributed by atoms with Gasteiger partial charge in [-0.3, -0.25) is 9.59 Å². The summed E-state index contributed by atoms with van der Waals surface area (Å²) >= 11 is 1.50. The van der Waals surface area contributed by atoms with Gasteiger partial charge in [0.2, 0.25) is 5.91 Å². The Morgan fingerprint density at radius 1 is 1.62 bits per heavy atom. The molecule has 5 nitrogen and oxygen atoms in total. The van der Waals surface area contributed by atoms with Crippen LogP contribution in [-0.2, 0) is 16.1 Å². The van der Waals surface area contributed by atoms with E-state index in [0.29, 0.717) is 19.4 Å². The first-order valence-electron chi connectivity index (χ1n) is 4.97. The van der Waals surface area contributed by atoms with E-state index >= 15 is 0 Å². The van der Waals surface area contributed by atoms with Crippen molar-refractivity contribution in [2.45, 2.75) is 26.3 Å². The lowest BCUT2D eigenvalue weighted by atomic mass is 10.1. The smallest absolute Gasteiger partial charge is 0.319 e. The topological polar surface area (TPSA) is 79.3 Å². The maximum Gasteiger partial charge on any atom is 0.319 e. The minimum absolute atomic E-state index is 0.312. The molecular formula is C10H12N2O3S. The SMILES string of the molecule is Cc1cnc(CNC(=O)C2(C(=O)O)CC2)s1.